The number of imidazole rings is 1. The molecule has 0 unspecified atom stereocenters. The van der Waals surface area contributed by atoms with Crippen LogP contribution in [-0.4, -0.2) is 51.7 Å². The van der Waals surface area contributed by atoms with Gasteiger partial charge in [-0.15, -0.1) is 0 Å². The van der Waals surface area contributed by atoms with Crippen LogP contribution < -0.4 is 0 Å². The first-order valence-electron chi connectivity index (χ1n) is 9.55. The van der Waals surface area contributed by atoms with Crippen molar-refractivity contribution in [3.05, 3.63) is 65.9 Å². The molecule has 0 spiro atoms. The molecule has 1 fully saturated rings. The third-order valence-electron chi connectivity index (χ3n) is 5.07. The van der Waals surface area contributed by atoms with Gasteiger partial charge in [0.25, 0.3) is 5.91 Å². The largest absolute Gasteiger partial charge is 0.378 e. The summed E-state index contributed by atoms with van der Waals surface area (Å²) in [7, 11) is 0. The fourth-order valence-electron chi connectivity index (χ4n) is 3.43. The van der Waals surface area contributed by atoms with Gasteiger partial charge in [-0.3, -0.25) is 4.79 Å². The molecule has 0 bridgehead atoms. The summed E-state index contributed by atoms with van der Waals surface area (Å²) in [5.41, 5.74) is 4.04. The van der Waals surface area contributed by atoms with E-state index in [1.165, 1.54) is 11.3 Å². The molecular weight excluding hydrogens is 398 g/mol. The minimum absolute atomic E-state index is 0.0295. The van der Waals surface area contributed by atoms with Gasteiger partial charge in [0, 0.05) is 29.8 Å². The first-order chi connectivity index (χ1) is 14.7. The fraction of sp³-hybridized carbons (Fsp3) is 0.182. The van der Waals surface area contributed by atoms with Crippen LogP contribution in [-0.2, 0) is 4.74 Å². The van der Waals surface area contributed by atoms with Crippen molar-refractivity contribution < 1.29 is 9.53 Å². The highest BCUT2D eigenvalue weighted by Crippen LogP contribution is 2.29. The molecule has 5 rings (SSSR count). The number of fused-ring (bicyclic) bond motifs is 1. The Morgan fingerprint density at radius 3 is 2.43 bits per heavy atom. The van der Waals surface area contributed by atoms with Crippen molar-refractivity contribution in [1.29, 1.82) is 5.26 Å². The summed E-state index contributed by atoms with van der Waals surface area (Å²) < 4.78 is 7.13. The van der Waals surface area contributed by atoms with E-state index < -0.39 is 0 Å². The Labute approximate surface area is 176 Å². The lowest BCUT2D eigenvalue weighted by atomic mass is 10.1. The number of nitrogens with zero attached hydrogens (tertiary/aromatic N) is 5. The second-order valence-corrected chi connectivity index (χ2v) is 7.87. The number of carbonyl (C=O) groups excluding carboxylic acids is 1. The highest BCUT2D eigenvalue weighted by molar-refractivity contribution is 7.19. The Kier molecular flexibility index (Phi) is 4.75. The Balaban J connectivity index is 1.41. The Bertz CT molecular complexity index is 1250. The highest BCUT2D eigenvalue weighted by Gasteiger charge is 2.19. The van der Waals surface area contributed by atoms with Gasteiger partial charge in [0.2, 0.25) is 4.96 Å². The molecule has 1 amide bonds. The number of ether oxygens (including phenoxy) is 1. The monoisotopic (exact) mass is 415 g/mol. The maximum Gasteiger partial charge on any atom is 0.254 e. The third-order valence-corrected chi connectivity index (χ3v) is 6.04. The molecule has 4 aromatic rings. The van der Waals surface area contributed by atoms with Crippen LogP contribution in [0.2, 0.25) is 0 Å². The Hall–Kier alpha value is -3.54. The highest BCUT2D eigenvalue weighted by atomic mass is 32.1. The summed E-state index contributed by atoms with van der Waals surface area (Å²) in [6.45, 7) is 2.43. The number of hydrogen-bond acceptors (Lipinski definition) is 6. The summed E-state index contributed by atoms with van der Waals surface area (Å²) in [4.78, 5) is 19.7. The first-order valence-corrected chi connectivity index (χ1v) is 10.4. The van der Waals surface area contributed by atoms with E-state index in [9.17, 15) is 4.79 Å². The molecule has 3 heterocycles. The zero-order chi connectivity index (χ0) is 20.5. The van der Waals surface area contributed by atoms with Gasteiger partial charge in [-0.1, -0.05) is 35.6 Å². The number of rotatable bonds is 3. The SMILES string of the molecule is N#Cc1ccc(-c2cnc3sc(-c4ccc(C(=O)N5CCOCC5)cc4)nn23)cc1. The zero-order valence-corrected chi connectivity index (χ0v) is 16.8. The molecule has 0 N–H and O–H groups in total. The van der Waals surface area contributed by atoms with E-state index in [0.717, 1.165) is 26.8 Å². The molecule has 1 saturated heterocycles. The molecule has 8 heteroatoms. The summed E-state index contributed by atoms with van der Waals surface area (Å²) in [6.07, 6.45) is 1.79. The van der Waals surface area contributed by atoms with E-state index in [1.807, 2.05) is 45.8 Å². The number of benzene rings is 2. The van der Waals surface area contributed by atoms with Crippen molar-refractivity contribution in [2.24, 2.45) is 0 Å². The molecule has 1 aliphatic heterocycles. The van der Waals surface area contributed by atoms with Crippen LogP contribution in [0.4, 0.5) is 0 Å². The summed E-state index contributed by atoms with van der Waals surface area (Å²) >= 11 is 1.49. The second kappa shape index (κ2) is 7.71. The first kappa shape index (κ1) is 18.5. The van der Waals surface area contributed by atoms with E-state index >= 15 is 0 Å². The summed E-state index contributed by atoms with van der Waals surface area (Å²) in [6, 6.07) is 17.0. The quantitative estimate of drug-likeness (QED) is 0.512. The lowest BCUT2D eigenvalue weighted by Crippen LogP contribution is -2.40. The summed E-state index contributed by atoms with van der Waals surface area (Å²) in [5, 5.41) is 14.5. The molecule has 1 aliphatic rings. The van der Waals surface area contributed by atoms with Gasteiger partial charge in [0.1, 0.15) is 5.01 Å². The molecule has 0 saturated carbocycles. The lowest BCUT2D eigenvalue weighted by molar-refractivity contribution is 0.0303. The van der Waals surface area contributed by atoms with E-state index in [0.29, 0.717) is 37.4 Å². The van der Waals surface area contributed by atoms with Crippen molar-refractivity contribution in [3.8, 4) is 27.9 Å². The molecule has 7 nitrogen and oxygen atoms in total. The van der Waals surface area contributed by atoms with Crippen molar-refractivity contribution >= 4 is 22.2 Å². The van der Waals surface area contributed by atoms with Gasteiger partial charge in [-0.2, -0.15) is 10.4 Å². The molecule has 0 atom stereocenters. The maximum absolute atomic E-state index is 12.6. The van der Waals surface area contributed by atoms with E-state index in [2.05, 4.69) is 11.1 Å². The number of nitriles is 1. The lowest BCUT2D eigenvalue weighted by Gasteiger charge is -2.26. The summed E-state index contributed by atoms with van der Waals surface area (Å²) in [5.74, 6) is 0.0295. The predicted molar refractivity (Wildman–Crippen MR) is 113 cm³/mol. The second-order valence-electron chi connectivity index (χ2n) is 6.92. The number of amides is 1. The predicted octanol–water partition coefficient (Wildman–Crippen LogP) is 3.47. The number of hydrogen-bond donors (Lipinski definition) is 0. The van der Waals surface area contributed by atoms with E-state index in [-0.39, 0.29) is 5.91 Å². The molecule has 2 aromatic carbocycles. The number of aromatic nitrogens is 3. The van der Waals surface area contributed by atoms with Crippen LogP contribution >= 0.6 is 11.3 Å². The maximum atomic E-state index is 12.6. The van der Waals surface area contributed by atoms with Gasteiger partial charge in [-0.25, -0.2) is 9.50 Å². The number of carbonyl (C=O) groups is 1. The molecule has 0 radical (unpaired) electrons. The van der Waals surface area contributed by atoms with Gasteiger partial charge >= 0.3 is 0 Å². The van der Waals surface area contributed by atoms with Crippen LogP contribution in [0.15, 0.2) is 54.7 Å². The number of morpholine rings is 1. The normalized spacial score (nSPS) is 14.0. The third kappa shape index (κ3) is 3.34. The van der Waals surface area contributed by atoms with Crippen LogP contribution in [0.25, 0.3) is 26.8 Å². The smallest absolute Gasteiger partial charge is 0.254 e. The van der Waals surface area contributed by atoms with Crippen molar-refractivity contribution in [1.82, 2.24) is 19.5 Å². The zero-order valence-electron chi connectivity index (χ0n) is 16.0. The van der Waals surface area contributed by atoms with Gasteiger partial charge in [0.05, 0.1) is 36.7 Å². The Morgan fingerprint density at radius 1 is 1.03 bits per heavy atom. The van der Waals surface area contributed by atoms with Crippen LogP contribution in [0.3, 0.4) is 0 Å². The van der Waals surface area contributed by atoms with Gasteiger partial charge in [0.15, 0.2) is 0 Å². The fourth-order valence-corrected chi connectivity index (χ4v) is 4.31. The van der Waals surface area contributed by atoms with Crippen molar-refractivity contribution in [2.45, 2.75) is 0 Å². The average Bonchev–Trinajstić information content (AvgIpc) is 3.40. The van der Waals surface area contributed by atoms with Gasteiger partial charge in [-0.05, 0) is 24.3 Å². The topological polar surface area (TPSA) is 83.5 Å². The minimum atomic E-state index is 0.0295. The average molecular weight is 415 g/mol. The molecular formula is C22H17N5O2S. The van der Waals surface area contributed by atoms with E-state index in [1.54, 1.807) is 18.3 Å². The molecule has 2 aromatic heterocycles. The van der Waals surface area contributed by atoms with Crippen LogP contribution in [0.5, 0.6) is 0 Å². The van der Waals surface area contributed by atoms with Crippen molar-refractivity contribution in [2.75, 3.05) is 26.3 Å². The van der Waals surface area contributed by atoms with Gasteiger partial charge < -0.3 is 9.64 Å². The molecule has 30 heavy (non-hydrogen) atoms. The minimum Gasteiger partial charge on any atom is -0.378 e. The molecule has 0 aliphatic carbocycles. The van der Waals surface area contributed by atoms with Crippen molar-refractivity contribution in [3.63, 3.8) is 0 Å². The van der Waals surface area contributed by atoms with Crippen LogP contribution in [0.1, 0.15) is 15.9 Å². The van der Waals surface area contributed by atoms with E-state index in [4.69, 9.17) is 15.1 Å². The molecule has 148 valence electrons. The standard InChI is InChI=1S/C22H17N5O2S/c23-13-15-1-3-16(4-2-15)19-14-24-22-27(19)25-20(30-22)17-5-7-18(8-6-17)21(28)26-9-11-29-12-10-26/h1-8,14H,9-12H2. The van der Waals surface area contributed by atoms with Crippen LogP contribution in [0, 0.1) is 11.3 Å². The Morgan fingerprint density at radius 2 is 1.73 bits per heavy atom.